The van der Waals surface area contributed by atoms with Crippen LogP contribution in [0, 0.1) is 0 Å². The molecular formula is C25H33N3O5S. The number of rotatable bonds is 6. The largest absolute Gasteiger partial charge is 0.497 e. The summed E-state index contributed by atoms with van der Waals surface area (Å²) in [7, 11) is -2.14. The minimum atomic E-state index is -3.66. The van der Waals surface area contributed by atoms with E-state index < -0.39 is 16.1 Å². The number of nitrogens with one attached hydrogen (secondary N) is 1. The minimum Gasteiger partial charge on any atom is -0.497 e. The number of amides is 2. The van der Waals surface area contributed by atoms with Gasteiger partial charge in [0.25, 0.3) is 5.91 Å². The summed E-state index contributed by atoms with van der Waals surface area (Å²) in [5.74, 6) is 0.0266. The molecule has 1 aliphatic heterocycles. The maximum Gasteiger partial charge on any atom is 0.251 e. The molecule has 9 heteroatoms. The average molecular weight is 488 g/mol. The zero-order chi connectivity index (χ0) is 25.1. The number of benzene rings is 2. The fourth-order valence-electron chi connectivity index (χ4n) is 3.78. The SMILES string of the molecule is COc1ccc(S(=O)(=O)N2CCN(C(=O)C(C)NC(=O)c3ccc(C(C)(C)C)cc3)CC2)cc1. The predicted octanol–water partition coefficient (Wildman–Crippen LogP) is 2.64. The van der Waals surface area contributed by atoms with Crippen molar-refractivity contribution in [2.45, 2.75) is 44.0 Å². The van der Waals surface area contributed by atoms with Gasteiger partial charge in [-0.2, -0.15) is 4.31 Å². The van der Waals surface area contributed by atoms with E-state index in [9.17, 15) is 18.0 Å². The van der Waals surface area contributed by atoms with Crippen LogP contribution in [0.15, 0.2) is 53.4 Å². The minimum absolute atomic E-state index is 0.0126. The average Bonchev–Trinajstić information content (AvgIpc) is 2.83. The van der Waals surface area contributed by atoms with Crippen LogP contribution in [0.25, 0.3) is 0 Å². The Kier molecular flexibility index (Phi) is 7.67. The number of piperazine rings is 1. The van der Waals surface area contributed by atoms with Gasteiger partial charge in [-0.25, -0.2) is 8.42 Å². The predicted molar refractivity (Wildman–Crippen MR) is 130 cm³/mol. The Hall–Kier alpha value is -2.91. The quantitative estimate of drug-likeness (QED) is 0.676. The van der Waals surface area contributed by atoms with Gasteiger partial charge in [0.15, 0.2) is 0 Å². The number of nitrogens with zero attached hydrogens (tertiary/aromatic N) is 2. The van der Waals surface area contributed by atoms with Gasteiger partial charge in [-0.1, -0.05) is 32.9 Å². The molecule has 34 heavy (non-hydrogen) atoms. The fraction of sp³-hybridized carbons (Fsp3) is 0.440. The van der Waals surface area contributed by atoms with Gasteiger partial charge in [0.05, 0.1) is 12.0 Å². The molecule has 1 unspecified atom stereocenters. The number of carbonyl (C=O) groups is 2. The number of carbonyl (C=O) groups excluding carboxylic acids is 2. The monoisotopic (exact) mass is 487 g/mol. The molecule has 1 saturated heterocycles. The number of sulfonamides is 1. The summed E-state index contributed by atoms with van der Waals surface area (Å²) in [5, 5.41) is 2.76. The molecule has 0 aromatic heterocycles. The molecule has 184 valence electrons. The van der Waals surface area contributed by atoms with E-state index in [0.717, 1.165) is 5.56 Å². The Morgan fingerprint density at radius 3 is 2.00 bits per heavy atom. The molecular weight excluding hydrogens is 454 g/mol. The van der Waals surface area contributed by atoms with Crippen molar-refractivity contribution in [1.29, 1.82) is 0 Å². The highest BCUT2D eigenvalue weighted by molar-refractivity contribution is 7.89. The van der Waals surface area contributed by atoms with Crippen LogP contribution in [-0.4, -0.2) is 68.8 Å². The van der Waals surface area contributed by atoms with Crippen molar-refractivity contribution >= 4 is 21.8 Å². The van der Waals surface area contributed by atoms with Crippen LogP contribution in [0.5, 0.6) is 5.75 Å². The maximum absolute atomic E-state index is 12.9. The molecule has 0 radical (unpaired) electrons. The maximum atomic E-state index is 12.9. The van der Waals surface area contributed by atoms with Gasteiger partial charge in [0.2, 0.25) is 15.9 Å². The zero-order valence-electron chi connectivity index (χ0n) is 20.4. The van der Waals surface area contributed by atoms with Gasteiger partial charge in [-0.15, -0.1) is 0 Å². The van der Waals surface area contributed by atoms with Crippen LogP contribution in [0.1, 0.15) is 43.6 Å². The summed E-state index contributed by atoms with van der Waals surface area (Å²) in [6.45, 7) is 8.85. The van der Waals surface area contributed by atoms with Crippen molar-refractivity contribution in [3.8, 4) is 5.75 Å². The third-order valence-corrected chi connectivity index (χ3v) is 7.89. The highest BCUT2D eigenvalue weighted by atomic mass is 32.2. The molecule has 2 amide bonds. The number of ether oxygens (including phenoxy) is 1. The summed E-state index contributed by atoms with van der Waals surface area (Å²) in [4.78, 5) is 27.3. The Labute approximate surface area is 201 Å². The lowest BCUT2D eigenvalue weighted by Gasteiger charge is -2.35. The Bertz CT molecular complexity index is 1110. The standard InChI is InChI=1S/C25H33N3O5S/c1-18(26-23(29)19-6-8-20(9-7-19)25(2,3)4)24(30)27-14-16-28(17-15-27)34(31,32)22-12-10-21(33-5)11-13-22/h6-13,18H,14-17H2,1-5H3,(H,26,29). The molecule has 1 N–H and O–H groups in total. The van der Waals surface area contributed by atoms with Gasteiger partial charge in [0, 0.05) is 31.7 Å². The van der Waals surface area contributed by atoms with Gasteiger partial charge in [0.1, 0.15) is 11.8 Å². The van der Waals surface area contributed by atoms with Crippen molar-refractivity contribution in [3.05, 3.63) is 59.7 Å². The highest BCUT2D eigenvalue weighted by Gasteiger charge is 2.32. The third kappa shape index (κ3) is 5.77. The second-order valence-corrected chi connectivity index (χ2v) is 11.4. The van der Waals surface area contributed by atoms with Crippen molar-refractivity contribution < 1.29 is 22.7 Å². The van der Waals surface area contributed by atoms with E-state index in [1.165, 1.54) is 23.5 Å². The second kappa shape index (κ2) is 10.1. The van der Waals surface area contributed by atoms with Crippen LogP contribution in [0.3, 0.4) is 0 Å². The molecule has 0 aliphatic carbocycles. The van der Waals surface area contributed by atoms with Crippen molar-refractivity contribution in [2.24, 2.45) is 0 Å². The van der Waals surface area contributed by atoms with Crippen molar-refractivity contribution in [3.63, 3.8) is 0 Å². The smallest absolute Gasteiger partial charge is 0.251 e. The van der Waals surface area contributed by atoms with Crippen LogP contribution < -0.4 is 10.1 Å². The van der Waals surface area contributed by atoms with Crippen LogP contribution in [0.2, 0.25) is 0 Å². The second-order valence-electron chi connectivity index (χ2n) is 9.43. The van der Waals surface area contributed by atoms with E-state index in [-0.39, 0.29) is 48.3 Å². The summed E-state index contributed by atoms with van der Waals surface area (Å²) in [6, 6.07) is 12.9. The summed E-state index contributed by atoms with van der Waals surface area (Å²) >= 11 is 0. The highest BCUT2D eigenvalue weighted by Crippen LogP contribution is 2.23. The molecule has 3 rings (SSSR count). The zero-order valence-corrected chi connectivity index (χ0v) is 21.2. The molecule has 2 aromatic carbocycles. The lowest BCUT2D eigenvalue weighted by molar-refractivity contribution is -0.134. The lowest BCUT2D eigenvalue weighted by atomic mass is 9.86. The Morgan fingerprint density at radius 2 is 1.50 bits per heavy atom. The number of hydrogen-bond acceptors (Lipinski definition) is 5. The topological polar surface area (TPSA) is 96.0 Å². The first-order chi connectivity index (χ1) is 15.9. The molecule has 0 spiro atoms. The molecule has 8 nitrogen and oxygen atoms in total. The molecule has 0 saturated carbocycles. The molecule has 0 bridgehead atoms. The van der Waals surface area contributed by atoms with E-state index in [1.807, 2.05) is 12.1 Å². The van der Waals surface area contributed by atoms with E-state index in [0.29, 0.717) is 11.3 Å². The Morgan fingerprint density at radius 1 is 0.941 bits per heavy atom. The first-order valence-corrected chi connectivity index (χ1v) is 12.7. The fourth-order valence-corrected chi connectivity index (χ4v) is 5.20. The third-order valence-electron chi connectivity index (χ3n) is 5.98. The van der Waals surface area contributed by atoms with Gasteiger partial charge in [-0.05, 0) is 54.3 Å². The normalized spacial score (nSPS) is 16.1. The van der Waals surface area contributed by atoms with Crippen molar-refractivity contribution in [1.82, 2.24) is 14.5 Å². The Balaban J connectivity index is 1.56. The summed E-state index contributed by atoms with van der Waals surface area (Å²) in [5.41, 5.74) is 1.60. The first kappa shape index (κ1) is 25.7. The molecule has 2 aromatic rings. The van der Waals surface area contributed by atoms with Gasteiger partial charge < -0.3 is 15.0 Å². The molecule has 1 heterocycles. The first-order valence-electron chi connectivity index (χ1n) is 11.3. The molecule has 1 aliphatic rings. The van der Waals surface area contributed by atoms with E-state index in [1.54, 1.807) is 36.1 Å². The van der Waals surface area contributed by atoms with Gasteiger partial charge >= 0.3 is 0 Å². The van der Waals surface area contributed by atoms with E-state index in [4.69, 9.17) is 4.74 Å². The van der Waals surface area contributed by atoms with E-state index >= 15 is 0 Å². The lowest BCUT2D eigenvalue weighted by Crippen LogP contribution is -2.55. The molecule has 1 atom stereocenters. The van der Waals surface area contributed by atoms with Gasteiger partial charge in [-0.3, -0.25) is 9.59 Å². The van der Waals surface area contributed by atoms with Crippen molar-refractivity contribution in [2.75, 3.05) is 33.3 Å². The van der Waals surface area contributed by atoms with Crippen LogP contribution in [0.4, 0.5) is 0 Å². The number of hydrogen-bond donors (Lipinski definition) is 1. The molecule has 1 fully saturated rings. The van der Waals surface area contributed by atoms with Crippen LogP contribution >= 0.6 is 0 Å². The van der Waals surface area contributed by atoms with Crippen LogP contribution in [-0.2, 0) is 20.2 Å². The summed E-state index contributed by atoms with van der Waals surface area (Å²) < 4.78 is 32.3. The van der Waals surface area contributed by atoms with E-state index in [2.05, 4.69) is 26.1 Å². The summed E-state index contributed by atoms with van der Waals surface area (Å²) in [6.07, 6.45) is 0. The number of methoxy groups -OCH3 is 1.